The van der Waals surface area contributed by atoms with E-state index in [9.17, 15) is 23.9 Å². The molecule has 9 heteroatoms. The molecule has 4 N–H and O–H groups in total. The Morgan fingerprint density at radius 1 is 1.15 bits per heavy atom. The van der Waals surface area contributed by atoms with Crippen molar-refractivity contribution in [2.75, 3.05) is 23.7 Å². The second kappa shape index (κ2) is 6.20. The van der Waals surface area contributed by atoms with Crippen molar-refractivity contribution in [3.8, 4) is 5.69 Å². The average Bonchev–Trinajstić information content (AvgIpc) is 2.91. The number of aromatic nitrogens is 1. The molecule has 0 radical (unpaired) electrons. The average molecular weight is 372 g/mol. The number of fused-ring (bicyclic) bond motifs is 1. The van der Waals surface area contributed by atoms with E-state index >= 15 is 0 Å². The molecule has 140 valence electrons. The molecule has 2 aliphatic rings. The minimum absolute atomic E-state index is 0.0775. The molecule has 8 nitrogen and oxygen atoms in total. The summed E-state index contributed by atoms with van der Waals surface area (Å²) < 4.78 is 15.7. The van der Waals surface area contributed by atoms with E-state index in [2.05, 4.69) is 5.32 Å². The van der Waals surface area contributed by atoms with Gasteiger partial charge in [-0.3, -0.25) is 24.3 Å². The molecule has 0 atom stereocenters. The maximum absolute atomic E-state index is 14.8. The van der Waals surface area contributed by atoms with E-state index in [1.165, 1.54) is 12.1 Å². The number of rotatable bonds is 2. The van der Waals surface area contributed by atoms with E-state index in [-0.39, 0.29) is 22.6 Å². The highest BCUT2D eigenvalue weighted by Gasteiger charge is 2.33. The number of halogens is 1. The third-order valence-corrected chi connectivity index (χ3v) is 4.95. The summed E-state index contributed by atoms with van der Waals surface area (Å²) in [5.74, 6) is -2.40. The lowest BCUT2D eigenvalue weighted by molar-refractivity contribution is 0.0880. The van der Waals surface area contributed by atoms with Crippen molar-refractivity contribution in [2.24, 2.45) is 0 Å². The minimum atomic E-state index is -0.722. The largest absolute Gasteiger partial charge is 0.393 e. The number of imide groups is 1. The van der Waals surface area contributed by atoms with Crippen LogP contribution in [0.25, 0.3) is 5.69 Å². The Kier molecular flexibility index (Phi) is 3.96. The Morgan fingerprint density at radius 3 is 2.56 bits per heavy atom. The van der Waals surface area contributed by atoms with E-state index in [1.807, 2.05) is 4.90 Å². The molecule has 0 aliphatic carbocycles. The summed E-state index contributed by atoms with van der Waals surface area (Å²) in [6.07, 6.45) is 0.615. The van der Waals surface area contributed by atoms with Crippen LogP contribution in [0, 0.1) is 5.82 Å². The summed E-state index contributed by atoms with van der Waals surface area (Å²) in [5, 5.41) is 11.8. The molecule has 0 unspecified atom stereocenters. The molecule has 1 saturated heterocycles. The number of para-hydroxylation sites is 1. The number of benzene rings is 1. The van der Waals surface area contributed by atoms with Crippen LogP contribution in [-0.2, 0) is 0 Å². The van der Waals surface area contributed by atoms with Crippen LogP contribution in [0.15, 0.2) is 29.1 Å². The van der Waals surface area contributed by atoms with E-state index in [4.69, 9.17) is 5.73 Å². The SMILES string of the molecule is Nc1c2c(cc(=O)n1-c1c(F)cccc1N1CCC(O)CC1)C(=O)NC2=O. The first kappa shape index (κ1) is 17.2. The Labute approximate surface area is 153 Å². The summed E-state index contributed by atoms with van der Waals surface area (Å²) in [7, 11) is 0. The van der Waals surface area contributed by atoms with Gasteiger partial charge in [0.05, 0.1) is 22.9 Å². The fourth-order valence-electron chi connectivity index (χ4n) is 3.60. The zero-order chi connectivity index (χ0) is 19.3. The molecule has 0 saturated carbocycles. The molecule has 2 aliphatic heterocycles. The molecule has 27 heavy (non-hydrogen) atoms. The number of carbonyl (C=O) groups is 2. The first-order chi connectivity index (χ1) is 12.9. The summed E-state index contributed by atoms with van der Waals surface area (Å²) in [6.45, 7) is 0.965. The number of hydrogen-bond acceptors (Lipinski definition) is 6. The van der Waals surface area contributed by atoms with Crippen molar-refractivity contribution >= 4 is 23.3 Å². The van der Waals surface area contributed by atoms with Crippen LogP contribution < -0.4 is 21.5 Å². The Bertz CT molecular complexity index is 1020. The molecule has 4 rings (SSSR count). The highest BCUT2D eigenvalue weighted by atomic mass is 19.1. The molecule has 0 spiro atoms. The third-order valence-electron chi connectivity index (χ3n) is 4.95. The second-order valence-electron chi connectivity index (χ2n) is 6.60. The summed E-state index contributed by atoms with van der Waals surface area (Å²) in [6, 6.07) is 5.36. The first-order valence-corrected chi connectivity index (χ1v) is 8.51. The van der Waals surface area contributed by atoms with Crippen molar-refractivity contribution in [3.05, 3.63) is 51.6 Å². The van der Waals surface area contributed by atoms with Crippen LogP contribution in [0.1, 0.15) is 33.6 Å². The Balaban J connectivity index is 1.93. The highest BCUT2D eigenvalue weighted by molar-refractivity contribution is 6.23. The topological polar surface area (TPSA) is 118 Å². The van der Waals surface area contributed by atoms with Gasteiger partial charge in [0.25, 0.3) is 17.4 Å². The number of amides is 2. The lowest BCUT2D eigenvalue weighted by Gasteiger charge is -2.33. The van der Waals surface area contributed by atoms with Crippen molar-refractivity contribution in [1.29, 1.82) is 0 Å². The lowest BCUT2D eigenvalue weighted by atomic mass is 10.1. The molecule has 1 fully saturated rings. The van der Waals surface area contributed by atoms with Gasteiger partial charge in [-0.1, -0.05) is 6.07 Å². The van der Waals surface area contributed by atoms with Crippen LogP contribution in [-0.4, -0.2) is 40.7 Å². The first-order valence-electron chi connectivity index (χ1n) is 8.51. The fraction of sp³-hybridized carbons (Fsp3) is 0.278. The smallest absolute Gasteiger partial charge is 0.262 e. The van der Waals surface area contributed by atoms with Crippen LogP contribution in [0.2, 0.25) is 0 Å². The monoisotopic (exact) mass is 372 g/mol. The maximum Gasteiger partial charge on any atom is 0.262 e. The van der Waals surface area contributed by atoms with Gasteiger partial charge >= 0.3 is 0 Å². The zero-order valence-corrected chi connectivity index (χ0v) is 14.2. The molecule has 2 amide bonds. The summed E-state index contributed by atoms with van der Waals surface area (Å²) >= 11 is 0. The predicted molar refractivity (Wildman–Crippen MR) is 95.7 cm³/mol. The van der Waals surface area contributed by atoms with Crippen molar-refractivity contribution in [2.45, 2.75) is 18.9 Å². The van der Waals surface area contributed by atoms with Crippen LogP contribution in [0.5, 0.6) is 0 Å². The van der Waals surface area contributed by atoms with E-state index in [0.717, 1.165) is 10.6 Å². The standard InChI is InChI=1S/C18H17FN4O4/c19-11-2-1-3-12(22-6-4-9(24)5-7-22)15(11)23-13(25)8-10-14(16(23)20)18(27)21-17(10)26/h1-3,8-9,24H,4-7,20H2,(H,21,26,27). The molecule has 0 bridgehead atoms. The number of pyridine rings is 1. The normalized spacial score (nSPS) is 17.2. The number of nitrogen functional groups attached to an aromatic ring is 1. The minimum Gasteiger partial charge on any atom is -0.393 e. The van der Waals surface area contributed by atoms with Gasteiger partial charge in [0.1, 0.15) is 17.3 Å². The number of aliphatic hydroxyl groups excluding tert-OH is 1. The third kappa shape index (κ3) is 2.67. The van der Waals surface area contributed by atoms with Gasteiger partial charge in [-0.25, -0.2) is 4.39 Å². The number of carbonyl (C=O) groups excluding carboxylic acids is 2. The van der Waals surface area contributed by atoms with Crippen molar-refractivity contribution in [3.63, 3.8) is 0 Å². The number of nitrogens with one attached hydrogen (secondary N) is 1. The van der Waals surface area contributed by atoms with Gasteiger partial charge in [-0.05, 0) is 25.0 Å². The predicted octanol–water partition coefficient (Wildman–Crippen LogP) is 0.403. The highest BCUT2D eigenvalue weighted by Crippen LogP contribution is 2.32. The molecule has 2 aromatic rings. The number of nitrogens with zero attached hydrogens (tertiary/aromatic N) is 2. The fourth-order valence-corrected chi connectivity index (χ4v) is 3.60. The van der Waals surface area contributed by atoms with E-state index in [0.29, 0.717) is 31.6 Å². The number of anilines is 2. The molecule has 3 heterocycles. The Hall–Kier alpha value is -3.20. The quantitative estimate of drug-likeness (QED) is 0.657. The second-order valence-corrected chi connectivity index (χ2v) is 6.60. The molecular weight excluding hydrogens is 355 g/mol. The van der Waals surface area contributed by atoms with E-state index < -0.39 is 29.3 Å². The Morgan fingerprint density at radius 2 is 1.85 bits per heavy atom. The van der Waals surface area contributed by atoms with Gasteiger partial charge in [0.15, 0.2) is 0 Å². The summed E-state index contributed by atoms with van der Waals surface area (Å²) in [5.41, 5.74) is 5.43. The van der Waals surface area contributed by atoms with Crippen LogP contribution in [0.3, 0.4) is 0 Å². The lowest BCUT2D eigenvalue weighted by Crippen LogP contribution is -2.37. The van der Waals surface area contributed by atoms with Gasteiger partial charge < -0.3 is 15.7 Å². The van der Waals surface area contributed by atoms with Crippen LogP contribution >= 0.6 is 0 Å². The number of hydrogen-bond donors (Lipinski definition) is 3. The maximum atomic E-state index is 14.8. The van der Waals surface area contributed by atoms with Crippen molar-refractivity contribution < 1.29 is 19.1 Å². The number of piperidine rings is 1. The zero-order valence-electron chi connectivity index (χ0n) is 14.2. The van der Waals surface area contributed by atoms with Gasteiger partial charge in [0.2, 0.25) is 0 Å². The number of nitrogens with two attached hydrogens (primary N) is 1. The molecular formula is C18H17FN4O4. The van der Waals surface area contributed by atoms with Gasteiger partial charge in [0, 0.05) is 19.2 Å². The van der Waals surface area contributed by atoms with Crippen LogP contribution in [0.4, 0.5) is 15.9 Å². The molecule has 1 aromatic carbocycles. The van der Waals surface area contributed by atoms with Gasteiger partial charge in [-0.2, -0.15) is 0 Å². The summed E-state index contributed by atoms with van der Waals surface area (Å²) in [4.78, 5) is 38.4. The number of aliphatic hydroxyl groups is 1. The van der Waals surface area contributed by atoms with Gasteiger partial charge in [-0.15, -0.1) is 0 Å². The molecule has 1 aromatic heterocycles. The van der Waals surface area contributed by atoms with E-state index in [1.54, 1.807) is 6.07 Å². The van der Waals surface area contributed by atoms with Crippen molar-refractivity contribution in [1.82, 2.24) is 9.88 Å².